The number of hydrogen-bond donors (Lipinski definition) is 0. The van der Waals surface area contributed by atoms with Crippen molar-refractivity contribution >= 4 is 34.1 Å². The number of rotatable bonds is 4. The van der Waals surface area contributed by atoms with Gasteiger partial charge in [0.15, 0.2) is 5.78 Å². The largest absolute Gasteiger partial charge is 0.348 e. The molecule has 2 aromatic rings. The molecular formula is C12H8IN3O4. The zero-order valence-corrected chi connectivity index (χ0v) is 12.2. The van der Waals surface area contributed by atoms with Gasteiger partial charge in [-0.15, -0.1) is 0 Å². The highest BCUT2D eigenvalue weighted by atomic mass is 127. The van der Waals surface area contributed by atoms with E-state index in [2.05, 4.69) is 27.6 Å². The van der Waals surface area contributed by atoms with Crippen molar-refractivity contribution in [1.82, 2.24) is 9.55 Å². The lowest BCUT2D eigenvalue weighted by Gasteiger charge is -2.04. The number of halogens is 1. The van der Waals surface area contributed by atoms with E-state index in [1.807, 2.05) is 0 Å². The molecule has 2 rings (SSSR count). The lowest BCUT2D eigenvalue weighted by atomic mass is 10.1. The minimum atomic E-state index is -0.700. The van der Waals surface area contributed by atoms with E-state index in [0.717, 1.165) is 20.5 Å². The highest BCUT2D eigenvalue weighted by Crippen LogP contribution is 2.09. The number of nitrogens with zero attached hydrogens (tertiary/aromatic N) is 3. The molecule has 0 aliphatic rings. The van der Waals surface area contributed by atoms with E-state index >= 15 is 0 Å². The first-order chi connectivity index (χ1) is 9.47. The van der Waals surface area contributed by atoms with Crippen LogP contribution in [0.5, 0.6) is 0 Å². The molecule has 0 atom stereocenters. The van der Waals surface area contributed by atoms with E-state index in [4.69, 9.17) is 0 Å². The van der Waals surface area contributed by atoms with Gasteiger partial charge >= 0.3 is 11.4 Å². The summed E-state index contributed by atoms with van der Waals surface area (Å²) in [6, 6.07) is 6.81. The first kappa shape index (κ1) is 14.3. The van der Waals surface area contributed by atoms with Gasteiger partial charge in [0.25, 0.3) is 0 Å². The molecule has 0 saturated carbocycles. The fourth-order valence-electron chi connectivity index (χ4n) is 1.53. The molecule has 7 nitrogen and oxygen atoms in total. The Kier molecular flexibility index (Phi) is 4.23. The van der Waals surface area contributed by atoms with Crippen molar-refractivity contribution in [2.75, 3.05) is 0 Å². The van der Waals surface area contributed by atoms with Crippen molar-refractivity contribution in [2.45, 2.75) is 6.54 Å². The number of ketones is 1. The van der Waals surface area contributed by atoms with E-state index in [-0.39, 0.29) is 18.0 Å². The molecule has 0 unspecified atom stereocenters. The Labute approximate surface area is 126 Å². The number of carbonyl (C=O) groups excluding carboxylic acids is 1. The smallest absolute Gasteiger partial charge is 0.292 e. The maximum Gasteiger partial charge on any atom is 0.348 e. The van der Waals surface area contributed by atoms with Gasteiger partial charge in [-0.25, -0.2) is 4.79 Å². The van der Waals surface area contributed by atoms with Gasteiger partial charge in [-0.3, -0.25) is 19.5 Å². The maximum absolute atomic E-state index is 12.0. The van der Waals surface area contributed by atoms with Gasteiger partial charge in [-0.1, -0.05) is 12.1 Å². The fraction of sp³-hybridized carbons (Fsp3) is 0.0833. The van der Waals surface area contributed by atoms with Crippen LogP contribution in [-0.4, -0.2) is 20.3 Å². The molecule has 0 spiro atoms. The van der Waals surface area contributed by atoms with Crippen LogP contribution in [0.25, 0.3) is 0 Å². The summed E-state index contributed by atoms with van der Waals surface area (Å²) >= 11 is 2.11. The third-order valence-electron chi connectivity index (χ3n) is 2.53. The molecule has 102 valence electrons. The summed E-state index contributed by atoms with van der Waals surface area (Å²) in [5.74, 6) is -0.314. The molecule has 0 fully saturated rings. The molecular weight excluding hydrogens is 377 g/mol. The second-order valence-corrected chi connectivity index (χ2v) is 5.16. The van der Waals surface area contributed by atoms with Crippen LogP contribution in [0.15, 0.2) is 41.5 Å². The molecule has 1 aromatic carbocycles. The fourth-order valence-corrected chi connectivity index (χ4v) is 1.89. The topological polar surface area (TPSA) is 95.1 Å². The summed E-state index contributed by atoms with van der Waals surface area (Å²) in [4.78, 5) is 36.8. The molecule has 0 radical (unpaired) electrons. The van der Waals surface area contributed by atoms with Gasteiger partial charge in [-0.05, 0) is 34.7 Å². The Hall–Kier alpha value is -2.10. The van der Waals surface area contributed by atoms with E-state index < -0.39 is 10.6 Å². The number of carbonyl (C=O) groups is 1. The van der Waals surface area contributed by atoms with Gasteiger partial charge in [0.05, 0.1) is 17.7 Å². The van der Waals surface area contributed by atoms with Crippen LogP contribution in [0.1, 0.15) is 10.4 Å². The van der Waals surface area contributed by atoms with Crippen LogP contribution in [0, 0.1) is 13.7 Å². The summed E-state index contributed by atoms with van der Waals surface area (Å²) in [7, 11) is 0. The molecule has 20 heavy (non-hydrogen) atoms. The molecule has 8 heteroatoms. The summed E-state index contributed by atoms with van der Waals surface area (Å²) < 4.78 is 1.91. The third kappa shape index (κ3) is 3.26. The Morgan fingerprint density at radius 1 is 1.35 bits per heavy atom. The SMILES string of the molecule is O=C(Cn1cc([N+](=O)[O-])cnc1=O)c1ccc(I)cc1. The van der Waals surface area contributed by atoms with Gasteiger partial charge < -0.3 is 0 Å². The Morgan fingerprint density at radius 3 is 2.60 bits per heavy atom. The minimum Gasteiger partial charge on any atom is -0.292 e. The monoisotopic (exact) mass is 385 g/mol. The first-order valence-electron chi connectivity index (χ1n) is 5.47. The Bertz CT molecular complexity index is 724. The molecule has 0 aliphatic carbocycles. The van der Waals surface area contributed by atoms with Crippen LogP contribution in [-0.2, 0) is 6.54 Å². The van der Waals surface area contributed by atoms with Crippen LogP contribution in [0.3, 0.4) is 0 Å². The second kappa shape index (κ2) is 5.90. The van der Waals surface area contributed by atoms with Crippen molar-refractivity contribution in [3.05, 3.63) is 66.4 Å². The van der Waals surface area contributed by atoms with Crippen molar-refractivity contribution < 1.29 is 9.72 Å². The average molecular weight is 385 g/mol. The van der Waals surface area contributed by atoms with E-state index in [9.17, 15) is 19.7 Å². The Balaban J connectivity index is 2.27. The van der Waals surface area contributed by atoms with Crippen molar-refractivity contribution in [3.8, 4) is 0 Å². The lowest BCUT2D eigenvalue weighted by Crippen LogP contribution is -2.26. The maximum atomic E-state index is 12.0. The quantitative estimate of drug-likeness (QED) is 0.345. The number of benzene rings is 1. The van der Waals surface area contributed by atoms with Crippen LogP contribution in [0.2, 0.25) is 0 Å². The molecule has 0 N–H and O–H groups in total. The highest BCUT2D eigenvalue weighted by Gasteiger charge is 2.12. The zero-order valence-electron chi connectivity index (χ0n) is 10.0. The van der Waals surface area contributed by atoms with Crippen molar-refractivity contribution in [3.63, 3.8) is 0 Å². The number of aromatic nitrogens is 2. The number of Topliss-reactive ketones (excluding diaryl/α,β-unsaturated/α-hetero) is 1. The van der Waals surface area contributed by atoms with E-state index in [1.165, 1.54) is 0 Å². The molecule has 0 aliphatic heterocycles. The number of nitro groups is 1. The van der Waals surface area contributed by atoms with Crippen molar-refractivity contribution in [2.24, 2.45) is 0 Å². The lowest BCUT2D eigenvalue weighted by molar-refractivity contribution is -0.385. The van der Waals surface area contributed by atoms with Gasteiger partial charge in [0, 0.05) is 9.13 Å². The standard InChI is InChI=1S/C12H8IN3O4/c13-9-3-1-8(2-4-9)11(17)7-15-6-10(16(19)20)5-14-12(15)18/h1-6H,7H2. The van der Waals surface area contributed by atoms with E-state index in [1.54, 1.807) is 24.3 Å². The average Bonchev–Trinajstić information content (AvgIpc) is 2.41. The molecule has 0 bridgehead atoms. The predicted octanol–water partition coefficient (Wildman–Crippen LogP) is 1.64. The zero-order chi connectivity index (χ0) is 14.7. The van der Waals surface area contributed by atoms with Crippen LogP contribution in [0.4, 0.5) is 5.69 Å². The molecule has 0 amide bonds. The summed E-state index contributed by atoms with van der Waals surface area (Å²) in [5, 5.41) is 10.6. The minimum absolute atomic E-state index is 0.284. The molecule has 1 heterocycles. The summed E-state index contributed by atoms with van der Waals surface area (Å²) in [5.41, 5.74) is -0.599. The number of hydrogen-bond acceptors (Lipinski definition) is 5. The van der Waals surface area contributed by atoms with E-state index in [0.29, 0.717) is 5.56 Å². The molecule has 0 saturated heterocycles. The molecule has 1 aromatic heterocycles. The normalized spacial score (nSPS) is 10.2. The predicted molar refractivity (Wildman–Crippen MR) is 78.6 cm³/mol. The summed E-state index contributed by atoms with van der Waals surface area (Å²) in [6.07, 6.45) is 1.88. The van der Waals surface area contributed by atoms with Crippen molar-refractivity contribution in [1.29, 1.82) is 0 Å². The Morgan fingerprint density at radius 2 is 2.00 bits per heavy atom. The van der Waals surface area contributed by atoms with Gasteiger partial charge in [0.2, 0.25) is 0 Å². The first-order valence-corrected chi connectivity index (χ1v) is 6.55. The summed E-state index contributed by atoms with van der Waals surface area (Å²) in [6.45, 7) is -0.284. The van der Waals surface area contributed by atoms with Gasteiger partial charge in [-0.2, -0.15) is 4.98 Å². The van der Waals surface area contributed by atoms with Gasteiger partial charge in [0.1, 0.15) is 6.20 Å². The third-order valence-corrected chi connectivity index (χ3v) is 3.25. The second-order valence-electron chi connectivity index (χ2n) is 3.91. The highest BCUT2D eigenvalue weighted by molar-refractivity contribution is 14.1. The van der Waals surface area contributed by atoms with Crippen LogP contribution >= 0.6 is 22.6 Å². The van der Waals surface area contributed by atoms with Crippen LogP contribution < -0.4 is 5.69 Å².